The zero-order valence-corrected chi connectivity index (χ0v) is 49.3. The maximum atomic E-state index is 13.5. The molecular formula is C62H119N2O7P. The predicted octanol–water partition coefficient (Wildman–Crippen LogP) is 18.1. The van der Waals surface area contributed by atoms with Crippen LogP contribution < -0.4 is 10.2 Å². The third-order valence-corrected chi connectivity index (χ3v) is 14.8. The summed E-state index contributed by atoms with van der Waals surface area (Å²) >= 11 is 0. The number of esters is 1. The molecule has 0 aliphatic carbocycles. The van der Waals surface area contributed by atoms with Gasteiger partial charge in [0.05, 0.1) is 33.8 Å². The molecule has 0 heterocycles. The van der Waals surface area contributed by atoms with Crippen LogP contribution in [0.1, 0.15) is 297 Å². The van der Waals surface area contributed by atoms with Crippen molar-refractivity contribution in [3.05, 3.63) is 36.5 Å². The lowest BCUT2D eigenvalue weighted by molar-refractivity contribution is -0.870. The number of ether oxygens (including phenoxy) is 1. The fraction of sp³-hybridized carbons (Fsp3) is 0.871. The summed E-state index contributed by atoms with van der Waals surface area (Å²) in [4.78, 5) is 39.9. The first-order chi connectivity index (χ1) is 34.9. The van der Waals surface area contributed by atoms with Gasteiger partial charge in [-0.05, 0) is 83.1 Å². The van der Waals surface area contributed by atoms with E-state index in [-0.39, 0.29) is 31.5 Å². The van der Waals surface area contributed by atoms with Crippen LogP contribution in [0.5, 0.6) is 0 Å². The molecule has 1 amide bonds. The van der Waals surface area contributed by atoms with Crippen LogP contribution in [0, 0.1) is 0 Å². The molecule has 9 nitrogen and oxygen atoms in total. The van der Waals surface area contributed by atoms with E-state index < -0.39 is 20.0 Å². The minimum Gasteiger partial charge on any atom is -0.756 e. The molecule has 0 radical (unpaired) electrons. The van der Waals surface area contributed by atoms with Gasteiger partial charge in [0, 0.05) is 12.8 Å². The Morgan fingerprint density at radius 1 is 0.472 bits per heavy atom. The number of amides is 1. The summed E-state index contributed by atoms with van der Waals surface area (Å²) in [7, 11) is 1.19. The van der Waals surface area contributed by atoms with Gasteiger partial charge in [-0.3, -0.25) is 14.2 Å². The van der Waals surface area contributed by atoms with Gasteiger partial charge in [-0.25, -0.2) is 0 Å². The van der Waals surface area contributed by atoms with Crippen LogP contribution in [-0.4, -0.2) is 69.4 Å². The second-order valence-electron chi connectivity index (χ2n) is 22.2. The second-order valence-corrected chi connectivity index (χ2v) is 23.6. The number of likely N-dealkylation sites (N-methyl/N-ethyl adjacent to an activating group) is 1. The van der Waals surface area contributed by atoms with E-state index in [4.69, 9.17) is 13.8 Å². The Bertz CT molecular complexity index is 1330. The van der Waals surface area contributed by atoms with Crippen molar-refractivity contribution in [3.63, 3.8) is 0 Å². The Kier molecular flexibility index (Phi) is 51.4. The molecule has 3 unspecified atom stereocenters. The number of nitrogens with one attached hydrogen (secondary N) is 1. The van der Waals surface area contributed by atoms with Crippen LogP contribution in [-0.2, 0) is 27.9 Å². The lowest BCUT2D eigenvalue weighted by Crippen LogP contribution is -2.47. The number of nitrogens with zero attached hydrogens (tertiary/aromatic N) is 1. The molecule has 0 aliphatic heterocycles. The molecule has 0 saturated carbocycles. The van der Waals surface area contributed by atoms with Gasteiger partial charge in [0.25, 0.3) is 7.82 Å². The molecule has 3 atom stereocenters. The van der Waals surface area contributed by atoms with Crippen LogP contribution in [0.15, 0.2) is 36.5 Å². The van der Waals surface area contributed by atoms with Crippen LogP contribution in [0.3, 0.4) is 0 Å². The molecule has 0 aromatic rings. The molecule has 0 saturated heterocycles. The van der Waals surface area contributed by atoms with E-state index in [1.807, 2.05) is 33.3 Å². The van der Waals surface area contributed by atoms with Crippen molar-refractivity contribution in [2.75, 3.05) is 40.9 Å². The lowest BCUT2D eigenvalue weighted by atomic mass is 10.0. The number of carbonyl (C=O) groups excluding carboxylic acids is 2. The Labute approximate surface area is 446 Å². The van der Waals surface area contributed by atoms with Gasteiger partial charge >= 0.3 is 5.97 Å². The molecule has 0 rings (SSSR count). The fourth-order valence-electron chi connectivity index (χ4n) is 8.98. The summed E-state index contributed by atoms with van der Waals surface area (Å²) in [6.45, 7) is 6.85. The summed E-state index contributed by atoms with van der Waals surface area (Å²) in [5.41, 5.74) is 0. The van der Waals surface area contributed by atoms with Crippen molar-refractivity contribution >= 4 is 19.7 Å². The summed E-state index contributed by atoms with van der Waals surface area (Å²) in [5, 5.41) is 3.03. The van der Waals surface area contributed by atoms with E-state index in [9.17, 15) is 19.0 Å². The molecule has 0 spiro atoms. The topological polar surface area (TPSA) is 114 Å². The third kappa shape index (κ3) is 53.1. The summed E-state index contributed by atoms with van der Waals surface area (Å²) in [6.07, 6.45) is 62.4. The molecule has 0 aliphatic rings. The minimum absolute atomic E-state index is 0.0223. The molecule has 10 heteroatoms. The first kappa shape index (κ1) is 70.2. The smallest absolute Gasteiger partial charge is 0.306 e. The Morgan fingerprint density at radius 2 is 0.806 bits per heavy atom. The van der Waals surface area contributed by atoms with E-state index in [2.05, 4.69) is 50.4 Å². The average molecular weight is 1040 g/mol. The lowest BCUT2D eigenvalue weighted by Gasteiger charge is -2.30. The summed E-state index contributed by atoms with van der Waals surface area (Å²) in [6, 6.07) is -0.889. The third-order valence-electron chi connectivity index (χ3n) is 13.8. The van der Waals surface area contributed by atoms with Crippen molar-refractivity contribution in [2.45, 2.75) is 309 Å². The molecule has 72 heavy (non-hydrogen) atoms. The largest absolute Gasteiger partial charge is 0.756 e. The Hall–Kier alpha value is -1.77. The number of hydrogen-bond acceptors (Lipinski definition) is 7. The normalized spacial score (nSPS) is 13.9. The second kappa shape index (κ2) is 52.7. The quantitative estimate of drug-likeness (QED) is 0.0212. The predicted molar refractivity (Wildman–Crippen MR) is 307 cm³/mol. The highest BCUT2D eigenvalue weighted by Gasteiger charge is 2.27. The van der Waals surface area contributed by atoms with Crippen LogP contribution >= 0.6 is 7.82 Å². The van der Waals surface area contributed by atoms with E-state index >= 15 is 0 Å². The van der Waals surface area contributed by atoms with Crippen LogP contribution in [0.2, 0.25) is 0 Å². The molecule has 424 valence electrons. The molecule has 0 aromatic carbocycles. The van der Waals surface area contributed by atoms with Gasteiger partial charge in [0.15, 0.2) is 0 Å². The molecular weight excluding hydrogens is 916 g/mol. The number of phosphoric ester groups is 1. The summed E-state index contributed by atoms with van der Waals surface area (Å²) < 4.78 is 30.3. The standard InChI is InChI=1S/C62H119N2O7P/c1-7-10-13-16-19-22-25-28-30-32-34-36-39-42-45-48-51-54-61(65)63-59(58-70-72(67,68)69-57-56-64(4,5)6)60(53-50-47-44-41-38-27-24-21-18-15-12-9-3)71-62(66)55-52-49-46-43-40-37-35-33-31-29-26-23-20-17-14-11-8-2/h28-31,50,53,59-60H,7-27,32-49,51-52,54-58H2,1-6H3,(H-,63,65,67,68)/b30-28+,31-29+,53-50+. The van der Waals surface area contributed by atoms with Crippen molar-refractivity contribution in [2.24, 2.45) is 0 Å². The maximum absolute atomic E-state index is 13.5. The van der Waals surface area contributed by atoms with Gasteiger partial charge in [-0.2, -0.15) is 0 Å². The first-order valence-electron chi connectivity index (χ1n) is 30.8. The van der Waals surface area contributed by atoms with Crippen molar-refractivity contribution < 1.29 is 37.3 Å². The zero-order chi connectivity index (χ0) is 52.9. The molecule has 1 N–H and O–H groups in total. The van der Waals surface area contributed by atoms with Gasteiger partial charge in [0.1, 0.15) is 19.3 Å². The SMILES string of the molecule is CCCCCCCC/C=C/CCCCCCCCCC(=O)NC(COP(=O)([O-])OCC[N+](C)(C)C)C(/C=C/CCCCCCCCCCCC)OC(=O)CCCCCCCCC/C=C/CCCCCCCC. The minimum atomic E-state index is -4.70. The Balaban J connectivity index is 5.28. The zero-order valence-electron chi connectivity index (χ0n) is 48.4. The number of phosphoric acid groups is 1. The van der Waals surface area contributed by atoms with E-state index in [1.54, 1.807) is 0 Å². The van der Waals surface area contributed by atoms with Gasteiger partial charge in [0.2, 0.25) is 5.91 Å². The van der Waals surface area contributed by atoms with Gasteiger partial charge in [-0.15, -0.1) is 0 Å². The highest BCUT2D eigenvalue weighted by molar-refractivity contribution is 7.45. The van der Waals surface area contributed by atoms with Crippen molar-refractivity contribution in [1.82, 2.24) is 5.32 Å². The molecule has 0 aromatic heterocycles. The summed E-state index contributed by atoms with van der Waals surface area (Å²) in [5.74, 6) is -0.541. The van der Waals surface area contributed by atoms with E-state index in [0.717, 1.165) is 83.5 Å². The van der Waals surface area contributed by atoms with Crippen molar-refractivity contribution in [3.8, 4) is 0 Å². The number of unbranched alkanes of at least 4 members (excludes halogenated alkanes) is 36. The van der Waals surface area contributed by atoms with E-state index in [0.29, 0.717) is 17.4 Å². The number of quaternary nitrogens is 1. The number of allylic oxidation sites excluding steroid dienone is 5. The molecule has 0 fully saturated rings. The van der Waals surface area contributed by atoms with E-state index in [1.165, 1.54) is 180 Å². The van der Waals surface area contributed by atoms with Crippen LogP contribution in [0.4, 0.5) is 0 Å². The number of rotatable bonds is 56. The van der Waals surface area contributed by atoms with Crippen molar-refractivity contribution in [1.29, 1.82) is 0 Å². The fourth-order valence-corrected chi connectivity index (χ4v) is 9.71. The van der Waals surface area contributed by atoms with Gasteiger partial charge < -0.3 is 28.5 Å². The highest BCUT2D eigenvalue weighted by atomic mass is 31.2. The average Bonchev–Trinajstić information content (AvgIpc) is 3.34. The first-order valence-corrected chi connectivity index (χ1v) is 32.3. The molecule has 0 bridgehead atoms. The number of carbonyl (C=O) groups is 2. The Morgan fingerprint density at radius 3 is 1.18 bits per heavy atom. The van der Waals surface area contributed by atoms with Crippen LogP contribution in [0.25, 0.3) is 0 Å². The maximum Gasteiger partial charge on any atom is 0.306 e. The monoisotopic (exact) mass is 1030 g/mol. The highest BCUT2D eigenvalue weighted by Crippen LogP contribution is 2.38. The number of hydrogen-bond donors (Lipinski definition) is 1. The van der Waals surface area contributed by atoms with Gasteiger partial charge in [-0.1, -0.05) is 237 Å².